The van der Waals surface area contributed by atoms with Crippen LogP contribution in [-0.2, 0) is 6.42 Å². The minimum atomic E-state index is 0.314. The summed E-state index contributed by atoms with van der Waals surface area (Å²) >= 11 is 0. The van der Waals surface area contributed by atoms with E-state index in [2.05, 4.69) is 25.1 Å². The molecule has 0 bridgehead atoms. The summed E-state index contributed by atoms with van der Waals surface area (Å²) in [6, 6.07) is 7.05. The van der Waals surface area contributed by atoms with Crippen LogP contribution in [0.2, 0.25) is 0 Å². The van der Waals surface area contributed by atoms with Gasteiger partial charge in [0, 0.05) is 0 Å². The van der Waals surface area contributed by atoms with E-state index in [9.17, 15) is 4.91 Å². The molecule has 1 aromatic carbocycles. The highest BCUT2D eigenvalue weighted by molar-refractivity contribution is 5.49. The maximum Gasteiger partial charge on any atom is 0.109 e. The third kappa shape index (κ3) is 2.40. The molecule has 0 aromatic heterocycles. The Bertz CT molecular complexity index is 377. The lowest BCUT2D eigenvalue weighted by molar-refractivity contribution is 0.646. The molecule has 0 aliphatic rings. The van der Waals surface area contributed by atoms with E-state index in [1.165, 1.54) is 6.07 Å². The zero-order valence-corrected chi connectivity index (χ0v) is 8.32. The number of hydrogen-bond donors (Lipinski definition) is 0. The van der Waals surface area contributed by atoms with Crippen LogP contribution in [0.5, 0.6) is 0 Å². The predicted octanol–water partition coefficient (Wildman–Crippen LogP) is 3.15. The molecule has 0 saturated carbocycles. The van der Waals surface area contributed by atoms with Crippen molar-refractivity contribution in [2.45, 2.75) is 20.3 Å². The summed E-state index contributed by atoms with van der Waals surface area (Å²) in [5.41, 5.74) is 1.85. The second kappa shape index (κ2) is 4.52. The fourth-order valence-electron chi connectivity index (χ4n) is 1.34. The van der Waals surface area contributed by atoms with Gasteiger partial charge in [0.05, 0.1) is 11.6 Å². The molecule has 3 heteroatoms. The van der Waals surface area contributed by atoms with Gasteiger partial charge in [-0.3, -0.25) is 0 Å². The van der Waals surface area contributed by atoms with E-state index in [1.54, 1.807) is 12.1 Å². The molecule has 0 heterocycles. The SMILES string of the molecule is CC(C)Cc1ccc(N=O)cc1C#N. The Labute approximate surface area is 83.3 Å². The Kier molecular flexibility index (Phi) is 3.35. The molecule has 3 nitrogen and oxygen atoms in total. The van der Waals surface area contributed by atoms with Gasteiger partial charge in [0.15, 0.2) is 0 Å². The fourth-order valence-corrected chi connectivity index (χ4v) is 1.34. The summed E-state index contributed by atoms with van der Waals surface area (Å²) in [6.45, 7) is 4.18. The van der Waals surface area contributed by atoms with Crippen LogP contribution in [0, 0.1) is 22.2 Å². The highest BCUT2D eigenvalue weighted by Crippen LogP contribution is 2.19. The van der Waals surface area contributed by atoms with E-state index in [4.69, 9.17) is 5.26 Å². The average Bonchev–Trinajstić information content (AvgIpc) is 2.17. The first-order valence-electron chi connectivity index (χ1n) is 4.53. The summed E-state index contributed by atoms with van der Waals surface area (Å²) in [5.74, 6) is 0.497. The van der Waals surface area contributed by atoms with Crippen molar-refractivity contribution < 1.29 is 0 Å². The molecule has 0 amide bonds. The third-order valence-electron chi connectivity index (χ3n) is 1.95. The monoisotopic (exact) mass is 188 g/mol. The van der Waals surface area contributed by atoms with E-state index in [-0.39, 0.29) is 0 Å². The van der Waals surface area contributed by atoms with Crippen molar-refractivity contribution in [2.24, 2.45) is 11.1 Å². The van der Waals surface area contributed by atoms with E-state index in [0.29, 0.717) is 17.2 Å². The fraction of sp³-hybridized carbons (Fsp3) is 0.364. The Balaban J connectivity index is 3.06. The van der Waals surface area contributed by atoms with E-state index in [0.717, 1.165) is 12.0 Å². The van der Waals surface area contributed by atoms with Gasteiger partial charge in [0.25, 0.3) is 0 Å². The molecule has 0 spiro atoms. The molecular formula is C11H12N2O. The Hall–Kier alpha value is -1.69. The number of nitroso groups, excluding NO2 is 1. The van der Waals surface area contributed by atoms with Gasteiger partial charge in [-0.25, -0.2) is 0 Å². The van der Waals surface area contributed by atoms with Crippen LogP contribution >= 0.6 is 0 Å². The van der Waals surface area contributed by atoms with Gasteiger partial charge >= 0.3 is 0 Å². The molecular weight excluding hydrogens is 176 g/mol. The third-order valence-corrected chi connectivity index (χ3v) is 1.95. The largest absolute Gasteiger partial charge is 0.192 e. The molecule has 72 valence electrons. The van der Waals surface area contributed by atoms with E-state index < -0.39 is 0 Å². The first-order chi connectivity index (χ1) is 6.67. The Morgan fingerprint density at radius 2 is 2.21 bits per heavy atom. The van der Waals surface area contributed by atoms with Gasteiger partial charge in [-0.15, -0.1) is 4.91 Å². The van der Waals surface area contributed by atoms with Gasteiger partial charge in [-0.05, 0) is 35.2 Å². The van der Waals surface area contributed by atoms with Gasteiger partial charge in [0.2, 0.25) is 0 Å². The second-order valence-electron chi connectivity index (χ2n) is 3.64. The molecule has 0 unspecified atom stereocenters. The van der Waals surface area contributed by atoms with Crippen LogP contribution in [0.25, 0.3) is 0 Å². The van der Waals surface area contributed by atoms with Gasteiger partial charge in [-0.2, -0.15) is 5.26 Å². The van der Waals surface area contributed by atoms with Crippen molar-refractivity contribution in [1.82, 2.24) is 0 Å². The molecule has 1 aromatic rings. The van der Waals surface area contributed by atoms with Crippen LogP contribution in [0.1, 0.15) is 25.0 Å². The standard InChI is InChI=1S/C11H12N2O/c1-8(2)5-9-3-4-11(13-14)6-10(9)7-12/h3-4,6,8H,5H2,1-2H3. The number of rotatable bonds is 3. The minimum Gasteiger partial charge on any atom is -0.192 e. The summed E-state index contributed by atoms with van der Waals surface area (Å²) < 4.78 is 0. The first-order valence-corrected chi connectivity index (χ1v) is 4.53. The van der Waals surface area contributed by atoms with Crippen molar-refractivity contribution in [2.75, 3.05) is 0 Å². The first kappa shape index (κ1) is 10.4. The van der Waals surface area contributed by atoms with Crippen LogP contribution in [0.4, 0.5) is 5.69 Å². The van der Waals surface area contributed by atoms with Crippen molar-refractivity contribution in [3.05, 3.63) is 34.2 Å². The average molecular weight is 188 g/mol. The summed E-state index contributed by atoms with van der Waals surface area (Å²) in [6.07, 6.45) is 0.849. The molecule has 0 aliphatic heterocycles. The summed E-state index contributed by atoms with van der Waals surface area (Å²) in [4.78, 5) is 10.2. The molecule has 0 fully saturated rings. The van der Waals surface area contributed by atoms with Crippen molar-refractivity contribution >= 4 is 5.69 Å². The van der Waals surface area contributed by atoms with E-state index in [1.807, 2.05) is 0 Å². The zero-order chi connectivity index (χ0) is 10.6. The highest BCUT2D eigenvalue weighted by Gasteiger charge is 2.05. The normalized spacial score (nSPS) is 9.86. The number of nitriles is 1. The summed E-state index contributed by atoms with van der Waals surface area (Å²) in [5, 5.41) is 11.7. The smallest absolute Gasteiger partial charge is 0.109 e. The quantitative estimate of drug-likeness (QED) is 0.684. The Morgan fingerprint density at radius 1 is 1.50 bits per heavy atom. The predicted molar refractivity (Wildman–Crippen MR) is 55.2 cm³/mol. The van der Waals surface area contributed by atoms with Crippen molar-refractivity contribution in [3.8, 4) is 6.07 Å². The lowest BCUT2D eigenvalue weighted by atomic mass is 9.98. The summed E-state index contributed by atoms with van der Waals surface area (Å²) in [7, 11) is 0. The maximum atomic E-state index is 10.2. The zero-order valence-electron chi connectivity index (χ0n) is 8.32. The Morgan fingerprint density at radius 3 is 2.71 bits per heavy atom. The second-order valence-corrected chi connectivity index (χ2v) is 3.64. The van der Waals surface area contributed by atoms with Gasteiger partial charge < -0.3 is 0 Å². The van der Waals surface area contributed by atoms with E-state index >= 15 is 0 Å². The molecule has 0 aliphatic carbocycles. The van der Waals surface area contributed by atoms with Crippen LogP contribution in [0.3, 0.4) is 0 Å². The topological polar surface area (TPSA) is 53.2 Å². The molecule has 0 N–H and O–H groups in total. The number of hydrogen-bond acceptors (Lipinski definition) is 3. The van der Waals surface area contributed by atoms with Gasteiger partial charge in [-0.1, -0.05) is 19.9 Å². The van der Waals surface area contributed by atoms with Crippen LogP contribution in [-0.4, -0.2) is 0 Å². The molecule has 1 rings (SSSR count). The molecule has 0 atom stereocenters. The maximum absolute atomic E-state index is 10.2. The molecule has 14 heavy (non-hydrogen) atoms. The number of nitrogens with zero attached hydrogens (tertiary/aromatic N) is 2. The van der Waals surface area contributed by atoms with Crippen LogP contribution in [0.15, 0.2) is 23.4 Å². The lowest BCUT2D eigenvalue weighted by Crippen LogP contribution is -1.96. The van der Waals surface area contributed by atoms with Crippen molar-refractivity contribution in [1.29, 1.82) is 5.26 Å². The lowest BCUT2D eigenvalue weighted by Gasteiger charge is -2.06. The van der Waals surface area contributed by atoms with Crippen LogP contribution < -0.4 is 0 Å². The highest BCUT2D eigenvalue weighted by atomic mass is 16.3. The molecule has 0 radical (unpaired) electrons. The van der Waals surface area contributed by atoms with Crippen molar-refractivity contribution in [3.63, 3.8) is 0 Å². The minimum absolute atomic E-state index is 0.314. The number of benzene rings is 1. The molecule has 0 saturated heterocycles. The van der Waals surface area contributed by atoms with Gasteiger partial charge in [0.1, 0.15) is 5.69 Å².